The molecule has 2 heterocycles. The van der Waals surface area contributed by atoms with Gasteiger partial charge in [-0.15, -0.1) is 0 Å². The third-order valence-corrected chi connectivity index (χ3v) is 2.74. The SMILES string of the molecule is Nc1ccc2nc(NCCCc3ncn[nH]3)oc2c1. The Hall–Kier alpha value is -2.57. The number of aromatic amines is 1. The Balaban J connectivity index is 1.56. The molecule has 0 aliphatic heterocycles. The van der Waals surface area contributed by atoms with Crippen molar-refractivity contribution < 1.29 is 4.42 Å². The van der Waals surface area contributed by atoms with Crippen molar-refractivity contribution in [3.8, 4) is 0 Å². The Bertz CT molecular complexity index is 660. The van der Waals surface area contributed by atoms with Crippen LogP contribution in [0.4, 0.5) is 11.7 Å². The van der Waals surface area contributed by atoms with E-state index >= 15 is 0 Å². The predicted octanol–water partition coefficient (Wildman–Crippen LogP) is 1.57. The molecular weight excluding hydrogens is 244 g/mol. The number of benzene rings is 1. The first-order valence-electron chi connectivity index (χ1n) is 6.05. The molecule has 7 nitrogen and oxygen atoms in total. The molecule has 0 bridgehead atoms. The van der Waals surface area contributed by atoms with Crippen molar-refractivity contribution in [1.29, 1.82) is 0 Å². The van der Waals surface area contributed by atoms with E-state index < -0.39 is 0 Å². The minimum atomic E-state index is 0.512. The second-order valence-corrected chi connectivity index (χ2v) is 4.21. The Labute approximate surface area is 109 Å². The number of nitrogen functional groups attached to an aromatic ring is 1. The summed E-state index contributed by atoms with van der Waals surface area (Å²) in [6, 6.07) is 5.92. The summed E-state index contributed by atoms with van der Waals surface area (Å²) in [5.41, 5.74) is 7.84. The molecule has 0 aliphatic rings. The number of aromatic nitrogens is 4. The molecule has 0 saturated heterocycles. The lowest BCUT2D eigenvalue weighted by Crippen LogP contribution is -2.03. The molecule has 19 heavy (non-hydrogen) atoms. The molecule has 1 aromatic carbocycles. The minimum absolute atomic E-state index is 0.512. The van der Waals surface area contributed by atoms with Gasteiger partial charge in [0.25, 0.3) is 6.01 Å². The summed E-state index contributed by atoms with van der Waals surface area (Å²) in [5.74, 6) is 0.882. The van der Waals surface area contributed by atoms with E-state index in [9.17, 15) is 0 Å². The number of hydrogen-bond acceptors (Lipinski definition) is 6. The fraction of sp³-hybridized carbons (Fsp3) is 0.250. The van der Waals surface area contributed by atoms with Crippen molar-refractivity contribution in [2.24, 2.45) is 0 Å². The zero-order chi connectivity index (χ0) is 13.1. The van der Waals surface area contributed by atoms with Crippen molar-refractivity contribution in [2.75, 3.05) is 17.6 Å². The lowest BCUT2D eigenvalue weighted by molar-refractivity contribution is 0.611. The highest BCUT2D eigenvalue weighted by molar-refractivity contribution is 5.77. The molecule has 0 radical (unpaired) electrons. The maximum Gasteiger partial charge on any atom is 0.295 e. The number of nitrogens with zero attached hydrogens (tertiary/aromatic N) is 3. The first-order chi connectivity index (χ1) is 9.31. The summed E-state index contributed by atoms with van der Waals surface area (Å²) in [6.45, 7) is 0.753. The van der Waals surface area contributed by atoms with Crippen LogP contribution in [0.25, 0.3) is 11.1 Å². The van der Waals surface area contributed by atoms with Gasteiger partial charge in [-0.3, -0.25) is 5.10 Å². The second kappa shape index (κ2) is 4.97. The number of nitrogens with two attached hydrogens (primary N) is 1. The molecule has 0 saturated carbocycles. The molecule has 0 atom stereocenters. The van der Waals surface area contributed by atoms with E-state index in [1.807, 2.05) is 6.07 Å². The van der Waals surface area contributed by atoms with Crippen molar-refractivity contribution in [3.63, 3.8) is 0 Å². The number of aryl methyl sites for hydroxylation is 1. The molecule has 3 rings (SSSR count). The summed E-state index contributed by atoms with van der Waals surface area (Å²) in [5, 5.41) is 9.75. The van der Waals surface area contributed by atoms with E-state index in [2.05, 4.69) is 25.5 Å². The fourth-order valence-corrected chi connectivity index (χ4v) is 1.82. The zero-order valence-corrected chi connectivity index (χ0v) is 10.3. The predicted molar refractivity (Wildman–Crippen MR) is 71.6 cm³/mol. The van der Waals surface area contributed by atoms with Gasteiger partial charge in [-0.25, -0.2) is 4.98 Å². The summed E-state index contributed by atoms with van der Waals surface area (Å²) in [6.07, 6.45) is 3.25. The van der Waals surface area contributed by atoms with Gasteiger partial charge in [0.05, 0.1) is 0 Å². The van der Waals surface area contributed by atoms with Crippen molar-refractivity contribution in [1.82, 2.24) is 20.2 Å². The van der Waals surface area contributed by atoms with Gasteiger partial charge in [0.1, 0.15) is 17.7 Å². The number of hydrogen-bond donors (Lipinski definition) is 3. The molecule has 3 aromatic rings. The third kappa shape index (κ3) is 2.65. The smallest absolute Gasteiger partial charge is 0.295 e. The maximum atomic E-state index is 5.68. The van der Waals surface area contributed by atoms with E-state index in [0.29, 0.717) is 17.3 Å². The minimum Gasteiger partial charge on any atom is -0.423 e. The molecule has 0 fully saturated rings. The summed E-state index contributed by atoms with van der Waals surface area (Å²) >= 11 is 0. The van der Waals surface area contributed by atoms with Gasteiger partial charge in [-0.1, -0.05) is 0 Å². The largest absolute Gasteiger partial charge is 0.423 e. The zero-order valence-electron chi connectivity index (χ0n) is 10.3. The quantitative estimate of drug-likeness (QED) is 0.474. The molecule has 0 amide bonds. The van der Waals surface area contributed by atoms with Crippen LogP contribution < -0.4 is 11.1 Å². The van der Waals surface area contributed by atoms with Gasteiger partial charge >= 0.3 is 0 Å². The van der Waals surface area contributed by atoms with Crippen LogP contribution >= 0.6 is 0 Å². The van der Waals surface area contributed by atoms with Crippen molar-refractivity contribution in [2.45, 2.75) is 12.8 Å². The van der Waals surface area contributed by atoms with Crippen LogP contribution in [-0.4, -0.2) is 26.7 Å². The average Bonchev–Trinajstić information content (AvgIpc) is 3.02. The number of nitrogens with one attached hydrogen (secondary N) is 2. The first kappa shape index (κ1) is 11.5. The van der Waals surface area contributed by atoms with E-state index in [1.54, 1.807) is 12.1 Å². The van der Waals surface area contributed by atoms with Crippen LogP contribution in [0.15, 0.2) is 28.9 Å². The Morgan fingerprint density at radius 2 is 2.32 bits per heavy atom. The number of fused-ring (bicyclic) bond motifs is 1. The van der Waals surface area contributed by atoms with Gasteiger partial charge in [0.15, 0.2) is 5.58 Å². The average molecular weight is 258 g/mol. The van der Waals surface area contributed by atoms with Crippen molar-refractivity contribution in [3.05, 3.63) is 30.4 Å². The van der Waals surface area contributed by atoms with Gasteiger partial charge in [-0.2, -0.15) is 10.1 Å². The van der Waals surface area contributed by atoms with Crippen LogP contribution in [0.3, 0.4) is 0 Å². The highest BCUT2D eigenvalue weighted by atomic mass is 16.4. The number of H-pyrrole nitrogens is 1. The normalized spacial score (nSPS) is 10.9. The molecule has 2 aromatic heterocycles. The summed E-state index contributed by atoms with van der Waals surface area (Å²) in [7, 11) is 0. The van der Waals surface area contributed by atoms with E-state index in [0.717, 1.165) is 30.7 Å². The molecule has 4 N–H and O–H groups in total. The van der Waals surface area contributed by atoms with Gasteiger partial charge in [-0.05, 0) is 18.6 Å². The van der Waals surface area contributed by atoms with Crippen LogP contribution in [0.1, 0.15) is 12.2 Å². The van der Waals surface area contributed by atoms with Crippen LogP contribution in [0.2, 0.25) is 0 Å². The molecule has 0 spiro atoms. The van der Waals surface area contributed by atoms with Gasteiger partial charge in [0.2, 0.25) is 0 Å². The topological polar surface area (TPSA) is 106 Å². The van der Waals surface area contributed by atoms with Gasteiger partial charge in [0, 0.05) is 24.7 Å². The van der Waals surface area contributed by atoms with E-state index in [4.69, 9.17) is 10.2 Å². The van der Waals surface area contributed by atoms with Crippen LogP contribution in [0, 0.1) is 0 Å². The number of oxazole rings is 1. The van der Waals surface area contributed by atoms with Crippen molar-refractivity contribution >= 4 is 22.8 Å². The van der Waals surface area contributed by atoms with Gasteiger partial charge < -0.3 is 15.5 Å². The van der Waals surface area contributed by atoms with Crippen LogP contribution in [0.5, 0.6) is 0 Å². The Kier molecular flexibility index (Phi) is 3.01. The monoisotopic (exact) mass is 258 g/mol. The Morgan fingerprint density at radius 3 is 3.16 bits per heavy atom. The maximum absolute atomic E-state index is 5.68. The summed E-state index contributed by atoms with van der Waals surface area (Å²) in [4.78, 5) is 8.38. The standard InChI is InChI=1S/C12H14N6O/c13-8-3-4-9-10(6-8)19-12(17-9)14-5-1-2-11-15-7-16-18-11/h3-4,6-7H,1-2,5,13H2,(H,14,17)(H,15,16,18). The van der Waals surface area contributed by atoms with Crippen LogP contribution in [-0.2, 0) is 6.42 Å². The highest BCUT2D eigenvalue weighted by Gasteiger charge is 2.05. The lowest BCUT2D eigenvalue weighted by Gasteiger charge is -1.99. The molecular formula is C12H14N6O. The Morgan fingerprint density at radius 1 is 1.37 bits per heavy atom. The molecule has 7 heteroatoms. The molecule has 0 unspecified atom stereocenters. The number of anilines is 2. The molecule has 0 aliphatic carbocycles. The second-order valence-electron chi connectivity index (χ2n) is 4.21. The van der Waals surface area contributed by atoms with E-state index in [-0.39, 0.29) is 0 Å². The first-order valence-corrected chi connectivity index (χ1v) is 6.05. The fourth-order valence-electron chi connectivity index (χ4n) is 1.82. The third-order valence-electron chi connectivity index (χ3n) is 2.74. The van der Waals surface area contributed by atoms with E-state index in [1.165, 1.54) is 6.33 Å². The number of rotatable bonds is 5. The molecule has 98 valence electrons. The summed E-state index contributed by atoms with van der Waals surface area (Å²) < 4.78 is 5.55. The highest BCUT2D eigenvalue weighted by Crippen LogP contribution is 2.20. The lowest BCUT2D eigenvalue weighted by atomic mass is 10.3.